The van der Waals surface area contributed by atoms with Crippen molar-refractivity contribution in [3.63, 3.8) is 0 Å². The van der Waals surface area contributed by atoms with Crippen molar-refractivity contribution in [2.75, 3.05) is 0 Å². The molecular formula is C11H14BrN. The molecule has 1 aliphatic carbocycles. The summed E-state index contributed by atoms with van der Waals surface area (Å²) in [7, 11) is 0. The van der Waals surface area contributed by atoms with E-state index in [1.54, 1.807) is 0 Å². The molecule has 1 aliphatic rings. The van der Waals surface area contributed by atoms with E-state index in [1.165, 1.54) is 12.0 Å². The van der Waals surface area contributed by atoms with Crippen LogP contribution in [0.3, 0.4) is 0 Å². The Labute approximate surface area is 87.5 Å². The minimum Gasteiger partial charge on any atom is -0.324 e. The van der Waals surface area contributed by atoms with Gasteiger partial charge in [-0.2, -0.15) is 0 Å². The molecule has 0 spiro atoms. The molecular weight excluding hydrogens is 226 g/mol. The topological polar surface area (TPSA) is 26.0 Å². The number of rotatable bonds is 2. The maximum atomic E-state index is 6.13. The molecule has 1 fully saturated rings. The lowest BCUT2D eigenvalue weighted by Gasteiger charge is -2.10. The lowest BCUT2D eigenvalue weighted by Crippen LogP contribution is -2.13. The van der Waals surface area contributed by atoms with Crippen molar-refractivity contribution in [1.29, 1.82) is 0 Å². The summed E-state index contributed by atoms with van der Waals surface area (Å²) in [6.45, 7) is 2.27. The zero-order chi connectivity index (χ0) is 9.42. The van der Waals surface area contributed by atoms with Crippen LogP contribution in [0.4, 0.5) is 0 Å². The highest BCUT2D eigenvalue weighted by molar-refractivity contribution is 9.10. The molecule has 0 radical (unpaired) electrons. The second-order valence-corrected chi connectivity index (χ2v) is 4.87. The van der Waals surface area contributed by atoms with E-state index < -0.39 is 0 Å². The first-order chi connectivity index (χ1) is 6.18. The van der Waals surface area contributed by atoms with Crippen molar-refractivity contribution in [3.05, 3.63) is 34.3 Å². The average Bonchev–Trinajstić information content (AvgIpc) is 2.83. The van der Waals surface area contributed by atoms with Gasteiger partial charge in [0, 0.05) is 10.5 Å². The molecule has 13 heavy (non-hydrogen) atoms. The smallest absolute Gasteiger partial charge is 0.0326 e. The summed E-state index contributed by atoms with van der Waals surface area (Å²) in [6.07, 6.45) is 1.29. The molecule has 0 heterocycles. The van der Waals surface area contributed by atoms with Crippen LogP contribution in [0.1, 0.15) is 24.9 Å². The quantitative estimate of drug-likeness (QED) is 0.844. The van der Waals surface area contributed by atoms with Crippen molar-refractivity contribution in [1.82, 2.24) is 0 Å². The standard InChI is InChI=1S/C11H14BrN/c1-7-6-10(7)11(13)8-2-4-9(12)5-3-8/h2-5,7,10-11H,6,13H2,1H3. The van der Waals surface area contributed by atoms with Gasteiger partial charge in [0.1, 0.15) is 0 Å². The third-order valence-corrected chi connectivity index (χ3v) is 3.42. The Morgan fingerprint density at radius 2 is 1.92 bits per heavy atom. The van der Waals surface area contributed by atoms with E-state index >= 15 is 0 Å². The van der Waals surface area contributed by atoms with Crippen LogP contribution in [0, 0.1) is 11.8 Å². The maximum Gasteiger partial charge on any atom is 0.0326 e. The summed E-state index contributed by atoms with van der Waals surface area (Å²) >= 11 is 3.42. The van der Waals surface area contributed by atoms with Gasteiger partial charge in [-0.3, -0.25) is 0 Å². The second-order valence-electron chi connectivity index (χ2n) is 3.95. The van der Waals surface area contributed by atoms with Gasteiger partial charge in [0.25, 0.3) is 0 Å². The van der Waals surface area contributed by atoms with Gasteiger partial charge in [-0.1, -0.05) is 35.0 Å². The summed E-state index contributed by atoms with van der Waals surface area (Å²) in [5.41, 5.74) is 7.39. The van der Waals surface area contributed by atoms with Gasteiger partial charge in [-0.25, -0.2) is 0 Å². The van der Waals surface area contributed by atoms with E-state index in [1.807, 2.05) is 0 Å². The molecule has 0 amide bonds. The molecule has 1 aromatic carbocycles. The van der Waals surface area contributed by atoms with Gasteiger partial charge in [0.15, 0.2) is 0 Å². The first-order valence-corrected chi connectivity index (χ1v) is 5.49. The van der Waals surface area contributed by atoms with Crippen LogP contribution in [0.5, 0.6) is 0 Å². The molecule has 70 valence electrons. The third kappa shape index (κ3) is 1.94. The zero-order valence-electron chi connectivity index (χ0n) is 7.70. The van der Waals surface area contributed by atoms with E-state index in [0.29, 0.717) is 5.92 Å². The van der Waals surface area contributed by atoms with Gasteiger partial charge >= 0.3 is 0 Å². The van der Waals surface area contributed by atoms with E-state index in [9.17, 15) is 0 Å². The van der Waals surface area contributed by atoms with Crippen LogP contribution in [0.25, 0.3) is 0 Å². The largest absolute Gasteiger partial charge is 0.324 e. The molecule has 2 N–H and O–H groups in total. The molecule has 0 saturated heterocycles. The highest BCUT2D eigenvalue weighted by atomic mass is 79.9. The number of halogens is 1. The third-order valence-electron chi connectivity index (χ3n) is 2.89. The molecule has 2 heteroatoms. The predicted molar refractivity (Wildman–Crippen MR) is 58.3 cm³/mol. The van der Waals surface area contributed by atoms with E-state index in [2.05, 4.69) is 47.1 Å². The molecule has 2 rings (SSSR count). The Hall–Kier alpha value is -0.340. The van der Waals surface area contributed by atoms with E-state index in [-0.39, 0.29) is 6.04 Å². The molecule has 1 saturated carbocycles. The normalized spacial score (nSPS) is 28.5. The SMILES string of the molecule is CC1CC1C(N)c1ccc(Br)cc1. The Balaban J connectivity index is 2.12. The molecule has 1 aromatic rings. The highest BCUT2D eigenvalue weighted by Gasteiger charge is 2.38. The molecule has 0 bridgehead atoms. The Kier molecular flexibility index (Phi) is 2.43. The summed E-state index contributed by atoms with van der Waals surface area (Å²) in [6, 6.07) is 8.58. The fourth-order valence-electron chi connectivity index (χ4n) is 1.78. The predicted octanol–water partition coefficient (Wildman–Crippen LogP) is 3.10. The van der Waals surface area contributed by atoms with E-state index in [0.717, 1.165) is 10.4 Å². The van der Waals surface area contributed by atoms with Crippen molar-refractivity contribution in [2.24, 2.45) is 17.6 Å². The summed E-state index contributed by atoms with van der Waals surface area (Å²) < 4.78 is 1.12. The monoisotopic (exact) mass is 239 g/mol. The van der Waals surface area contributed by atoms with Gasteiger partial charge in [0.05, 0.1) is 0 Å². The fourth-order valence-corrected chi connectivity index (χ4v) is 2.05. The lowest BCUT2D eigenvalue weighted by molar-refractivity contribution is 0.593. The van der Waals surface area contributed by atoms with Crippen LogP contribution in [0.2, 0.25) is 0 Å². The van der Waals surface area contributed by atoms with Gasteiger partial charge in [-0.15, -0.1) is 0 Å². The van der Waals surface area contributed by atoms with Crippen molar-refractivity contribution >= 4 is 15.9 Å². The second kappa shape index (κ2) is 3.43. The Morgan fingerprint density at radius 3 is 2.38 bits per heavy atom. The number of benzene rings is 1. The van der Waals surface area contributed by atoms with Crippen LogP contribution in [-0.2, 0) is 0 Å². The summed E-state index contributed by atoms with van der Waals surface area (Å²) in [5, 5.41) is 0. The van der Waals surface area contributed by atoms with Crippen LogP contribution in [0.15, 0.2) is 28.7 Å². The van der Waals surface area contributed by atoms with Crippen LogP contribution < -0.4 is 5.73 Å². The fraction of sp³-hybridized carbons (Fsp3) is 0.455. The molecule has 1 nitrogen and oxygen atoms in total. The van der Waals surface area contributed by atoms with Crippen molar-refractivity contribution in [2.45, 2.75) is 19.4 Å². The van der Waals surface area contributed by atoms with Gasteiger partial charge in [-0.05, 0) is 36.0 Å². The van der Waals surface area contributed by atoms with Crippen LogP contribution >= 0.6 is 15.9 Å². The summed E-state index contributed by atoms with van der Waals surface area (Å²) in [4.78, 5) is 0. The molecule has 0 aromatic heterocycles. The van der Waals surface area contributed by atoms with Gasteiger partial charge < -0.3 is 5.73 Å². The van der Waals surface area contributed by atoms with Crippen LogP contribution in [-0.4, -0.2) is 0 Å². The highest BCUT2D eigenvalue weighted by Crippen LogP contribution is 2.45. The first-order valence-electron chi connectivity index (χ1n) is 4.69. The first kappa shape index (κ1) is 9.22. The minimum atomic E-state index is 0.239. The number of nitrogens with two attached hydrogens (primary N) is 1. The number of hydrogen-bond acceptors (Lipinski definition) is 1. The minimum absolute atomic E-state index is 0.239. The maximum absolute atomic E-state index is 6.13. The lowest BCUT2D eigenvalue weighted by atomic mass is 10.0. The van der Waals surface area contributed by atoms with Crippen molar-refractivity contribution in [3.8, 4) is 0 Å². The van der Waals surface area contributed by atoms with Gasteiger partial charge in [0.2, 0.25) is 0 Å². The Morgan fingerprint density at radius 1 is 1.38 bits per heavy atom. The average molecular weight is 240 g/mol. The van der Waals surface area contributed by atoms with E-state index in [4.69, 9.17) is 5.73 Å². The molecule has 0 aliphatic heterocycles. The number of hydrogen-bond donors (Lipinski definition) is 1. The Bertz CT molecular complexity index is 293. The molecule has 3 unspecified atom stereocenters. The summed E-state index contributed by atoms with van der Waals surface area (Å²) in [5.74, 6) is 1.53. The van der Waals surface area contributed by atoms with Crippen molar-refractivity contribution < 1.29 is 0 Å². The zero-order valence-corrected chi connectivity index (χ0v) is 9.29. The molecule has 3 atom stereocenters.